The van der Waals surface area contributed by atoms with Gasteiger partial charge in [0, 0.05) is 37.6 Å². The molecule has 0 spiro atoms. The van der Waals surface area contributed by atoms with E-state index in [1.165, 1.54) is 0 Å². The molecule has 2 heterocycles. The van der Waals surface area contributed by atoms with Crippen LogP contribution in [0.3, 0.4) is 0 Å². The molecule has 0 aromatic carbocycles. The average Bonchev–Trinajstić information content (AvgIpc) is 2.88. The lowest BCUT2D eigenvalue weighted by molar-refractivity contribution is 0.450. The number of halogens is 1. The topological polar surface area (TPSA) is 47.7 Å². The molecule has 18 heavy (non-hydrogen) atoms. The van der Waals surface area contributed by atoms with Crippen LogP contribution in [-0.2, 0) is 20.1 Å². The van der Waals surface area contributed by atoms with Crippen LogP contribution in [0, 0.1) is 6.92 Å². The van der Waals surface area contributed by atoms with Crippen molar-refractivity contribution in [2.45, 2.75) is 33.0 Å². The van der Waals surface area contributed by atoms with Crippen molar-refractivity contribution in [3.63, 3.8) is 0 Å². The molecule has 0 radical (unpaired) electrons. The van der Waals surface area contributed by atoms with Crippen molar-refractivity contribution in [2.75, 3.05) is 0 Å². The van der Waals surface area contributed by atoms with Crippen LogP contribution in [0.4, 0.5) is 0 Å². The molecule has 1 N–H and O–H groups in total. The van der Waals surface area contributed by atoms with Crippen molar-refractivity contribution in [1.82, 2.24) is 24.9 Å². The molecular weight excluding hydrogens is 250 g/mol. The predicted octanol–water partition coefficient (Wildman–Crippen LogP) is 1.76. The highest BCUT2D eigenvalue weighted by Gasteiger charge is 2.12. The summed E-state index contributed by atoms with van der Waals surface area (Å²) in [5, 5.41) is 12.6. The van der Waals surface area contributed by atoms with Gasteiger partial charge in [-0.05, 0) is 19.9 Å². The van der Waals surface area contributed by atoms with E-state index in [0.29, 0.717) is 11.2 Å². The van der Waals surface area contributed by atoms with Crippen LogP contribution in [0.25, 0.3) is 0 Å². The maximum atomic E-state index is 6.18. The number of hydrogen-bond acceptors (Lipinski definition) is 3. The second-order valence-corrected chi connectivity index (χ2v) is 4.85. The van der Waals surface area contributed by atoms with Crippen LogP contribution in [0.5, 0.6) is 0 Å². The first-order valence-electron chi connectivity index (χ1n) is 5.96. The molecule has 0 saturated carbocycles. The van der Waals surface area contributed by atoms with Gasteiger partial charge in [-0.3, -0.25) is 9.36 Å². The minimum Gasteiger partial charge on any atom is -0.308 e. The van der Waals surface area contributed by atoms with Gasteiger partial charge >= 0.3 is 0 Å². The van der Waals surface area contributed by atoms with Gasteiger partial charge < -0.3 is 5.32 Å². The zero-order valence-electron chi connectivity index (χ0n) is 10.9. The fourth-order valence-corrected chi connectivity index (χ4v) is 2.15. The molecule has 0 bridgehead atoms. The normalized spacial score (nSPS) is 12.9. The van der Waals surface area contributed by atoms with Gasteiger partial charge in [0.2, 0.25) is 0 Å². The third-order valence-electron chi connectivity index (χ3n) is 2.92. The van der Waals surface area contributed by atoms with Crippen LogP contribution in [0.15, 0.2) is 18.5 Å². The minimum atomic E-state index is 0.320. The van der Waals surface area contributed by atoms with E-state index in [-0.39, 0.29) is 0 Å². The summed E-state index contributed by atoms with van der Waals surface area (Å²) in [6.07, 6.45) is 3.75. The maximum absolute atomic E-state index is 6.18. The summed E-state index contributed by atoms with van der Waals surface area (Å²) in [6.45, 7) is 5.66. The van der Waals surface area contributed by atoms with E-state index in [2.05, 4.69) is 22.4 Å². The smallest absolute Gasteiger partial charge is 0.131 e. The SMILES string of the molecule is Cc1nn(C)c(Cl)c1CNC(C)Cn1cccn1. The summed E-state index contributed by atoms with van der Waals surface area (Å²) >= 11 is 6.18. The Labute approximate surface area is 112 Å². The summed E-state index contributed by atoms with van der Waals surface area (Å²) in [6, 6.07) is 2.25. The predicted molar refractivity (Wildman–Crippen MR) is 71.5 cm³/mol. The second-order valence-electron chi connectivity index (χ2n) is 4.49. The summed E-state index contributed by atoms with van der Waals surface area (Å²) in [5.74, 6) is 0. The molecule has 0 aliphatic carbocycles. The lowest BCUT2D eigenvalue weighted by Crippen LogP contribution is -2.30. The lowest BCUT2D eigenvalue weighted by Gasteiger charge is -2.13. The van der Waals surface area contributed by atoms with Crippen LogP contribution in [0.2, 0.25) is 5.15 Å². The first-order valence-corrected chi connectivity index (χ1v) is 6.34. The molecule has 6 heteroatoms. The molecule has 5 nitrogen and oxygen atoms in total. The Hall–Kier alpha value is -1.33. The number of aromatic nitrogens is 4. The average molecular weight is 268 g/mol. The molecule has 2 rings (SSSR count). The van der Waals surface area contributed by atoms with E-state index in [1.54, 1.807) is 10.9 Å². The summed E-state index contributed by atoms with van der Waals surface area (Å²) in [7, 11) is 1.85. The Morgan fingerprint density at radius 3 is 2.83 bits per heavy atom. The van der Waals surface area contributed by atoms with E-state index in [1.807, 2.05) is 30.9 Å². The van der Waals surface area contributed by atoms with Crippen molar-refractivity contribution in [1.29, 1.82) is 0 Å². The van der Waals surface area contributed by atoms with Crippen LogP contribution >= 0.6 is 11.6 Å². The second kappa shape index (κ2) is 5.54. The molecule has 2 aromatic heterocycles. The molecule has 1 unspecified atom stereocenters. The van der Waals surface area contributed by atoms with E-state index in [4.69, 9.17) is 11.6 Å². The largest absolute Gasteiger partial charge is 0.308 e. The monoisotopic (exact) mass is 267 g/mol. The van der Waals surface area contributed by atoms with E-state index in [9.17, 15) is 0 Å². The molecule has 0 saturated heterocycles. The molecule has 0 aliphatic rings. The van der Waals surface area contributed by atoms with Crippen molar-refractivity contribution >= 4 is 11.6 Å². The zero-order valence-corrected chi connectivity index (χ0v) is 11.6. The molecule has 2 aromatic rings. The Kier molecular flexibility index (Phi) is 4.04. The molecule has 0 aliphatic heterocycles. The van der Waals surface area contributed by atoms with Gasteiger partial charge in [-0.1, -0.05) is 11.6 Å². The summed E-state index contributed by atoms with van der Waals surface area (Å²) in [4.78, 5) is 0. The fourth-order valence-electron chi connectivity index (χ4n) is 1.90. The van der Waals surface area contributed by atoms with Gasteiger partial charge in [0.25, 0.3) is 0 Å². The number of aryl methyl sites for hydroxylation is 2. The van der Waals surface area contributed by atoms with Crippen molar-refractivity contribution in [3.05, 3.63) is 34.9 Å². The van der Waals surface area contributed by atoms with Crippen LogP contribution in [-0.4, -0.2) is 25.6 Å². The lowest BCUT2D eigenvalue weighted by atomic mass is 10.2. The Morgan fingerprint density at radius 1 is 1.50 bits per heavy atom. The van der Waals surface area contributed by atoms with E-state index < -0.39 is 0 Å². The van der Waals surface area contributed by atoms with Crippen molar-refractivity contribution < 1.29 is 0 Å². The molecule has 0 amide bonds. The molecular formula is C12H18ClN5. The van der Waals surface area contributed by atoms with Crippen molar-refractivity contribution in [2.24, 2.45) is 7.05 Å². The van der Waals surface area contributed by atoms with Gasteiger partial charge in [-0.25, -0.2) is 0 Å². The van der Waals surface area contributed by atoms with Gasteiger partial charge in [0.05, 0.1) is 12.2 Å². The fraction of sp³-hybridized carbons (Fsp3) is 0.500. The summed E-state index contributed by atoms with van der Waals surface area (Å²) in [5.41, 5.74) is 2.03. The highest BCUT2D eigenvalue weighted by molar-refractivity contribution is 6.30. The number of nitrogens with one attached hydrogen (secondary N) is 1. The number of nitrogens with zero attached hydrogens (tertiary/aromatic N) is 4. The third kappa shape index (κ3) is 2.91. The number of hydrogen-bond donors (Lipinski definition) is 1. The van der Waals surface area contributed by atoms with Gasteiger partial charge in [-0.15, -0.1) is 0 Å². The zero-order chi connectivity index (χ0) is 13.1. The highest BCUT2D eigenvalue weighted by atomic mass is 35.5. The summed E-state index contributed by atoms with van der Waals surface area (Å²) < 4.78 is 3.61. The first-order chi connectivity index (χ1) is 8.58. The number of rotatable bonds is 5. The van der Waals surface area contributed by atoms with E-state index in [0.717, 1.165) is 24.3 Å². The molecule has 0 fully saturated rings. The van der Waals surface area contributed by atoms with Gasteiger partial charge in [0.15, 0.2) is 0 Å². The van der Waals surface area contributed by atoms with E-state index >= 15 is 0 Å². The first kappa shape index (κ1) is 13.1. The Bertz CT molecular complexity index is 503. The quantitative estimate of drug-likeness (QED) is 0.898. The maximum Gasteiger partial charge on any atom is 0.131 e. The molecule has 1 atom stereocenters. The minimum absolute atomic E-state index is 0.320. The van der Waals surface area contributed by atoms with Crippen LogP contribution < -0.4 is 5.32 Å². The van der Waals surface area contributed by atoms with Gasteiger partial charge in [0.1, 0.15) is 5.15 Å². The van der Waals surface area contributed by atoms with Crippen molar-refractivity contribution in [3.8, 4) is 0 Å². The standard InChI is InChI=1S/C12H18ClN5/c1-9(8-18-6-4-5-15-18)14-7-11-10(2)16-17(3)12(11)13/h4-6,9,14H,7-8H2,1-3H3. The molecule has 98 valence electrons. The van der Waals surface area contributed by atoms with Crippen LogP contribution in [0.1, 0.15) is 18.2 Å². The highest BCUT2D eigenvalue weighted by Crippen LogP contribution is 2.18. The Balaban J connectivity index is 1.91. The Morgan fingerprint density at radius 2 is 2.28 bits per heavy atom. The van der Waals surface area contributed by atoms with Gasteiger partial charge in [-0.2, -0.15) is 10.2 Å². The third-order valence-corrected chi connectivity index (χ3v) is 3.39.